The number of carbonyl (C=O) groups is 2. The zero-order valence-electron chi connectivity index (χ0n) is 16.4. The van der Waals surface area contributed by atoms with Crippen molar-refractivity contribution in [2.75, 3.05) is 0 Å². The molecule has 29 heavy (non-hydrogen) atoms. The van der Waals surface area contributed by atoms with Gasteiger partial charge in [-0.05, 0) is 61.0 Å². The van der Waals surface area contributed by atoms with Crippen LogP contribution in [0.1, 0.15) is 61.6 Å². The molecule has 1 unspecified atom stereocenters. The summed E-state index contributed by atoms with van der Waals surface area (Å²) in [5.74, 6) is -0.140. The first-order chi connectivity index (χ1) is 13.8. The fraction of sp³-hybridized carbons (Fsp3) is 0.476. The number of aromatic nitrogens is 1. The van der Waals surface area contributed by atoms with Crippen molar-refractivity contribution < 1.29 is 14.3 Å². The Bertz CT molecular complexity index is 894. The van der Waals surface area contributed by atoms with Crippen molar-refractivity contribution in [3.8, 4) is 0 Å². The van der Waals surface area contributed by atoms with E-state index in [1.165, 1.54) is 11.3 Å². The van der Waals surface area contributed by atoms with E-state index in [0.29, 0.717) is 9.61 Å². The van der Waals surface area contributed by atoms with Gasteiger partial charge in [-0.3, -0.25) is 9.69 Å². The zero-order chi connectivity index (χ0) is 20.6. The van der Waals surface area contributed by atoms with Crippen molar-refractivity contribution >= 4 is 39.3 Å². The molecule has 0 radical (unpaired) electrons. The predicted octanol–water partition coefficient (Wildman–Crippen LogP) is 4.92. The number of nitrogens with one attached hydrogen (secondary N) is 1. The molecule has 154 valence electrons. The number of rotatable bonds is 4. The van der Waals surface area contributed by atoms with Crippen molar-refractivity contribution in [2.45, 2.75) is 63.3 Å². The first-order valence-electron chi connectivity index (χ1n) is 9.83. The number of benzene rings is 1. The van der Waals surface area contributed by atoms with Crippen molar-refractivity contribution in [1.82, 2.24) is 15.2 Å². The second kappa shape index (κ2) is 8.07. The first-order valence-corrected chi connectivity index (χ1v) is 11.5. The summed E-state index contributed by atoms with van der Waals surface area (Å²) < 4.78 is 6.44. The van der Waals surface area contributed by atoms with E-state index in [2.05, 4.69) is 38.4 Å². The van der Waals surface area contributed by atoms with Crippen LogP contribution in [0.25, 0.3) is 0 Å². The molecule has 2 heterocycles. The lowest BCUT2D eigenvalue weighted by Gasteiger charge is -2.38. The first kappa shape index (κ1) is 20.3. The average Bonchev–Trinajstić information content (AvgIpc) is 3.23. The Labute approximate surface area is 182 Å². The Balaban J connectivity index is 1.43. The number of halogens is 1. The minimum absolute atomic E-state index is 0.0982. The van der Waals surface area contributed by atoms with E-state index >= 15 is 0 Å². The molecular weight excluding hydrogens is 454 g/mol. The quantitative estimate of drug-likeness (QED) is 0.678. The van der Waals surface area contributed by atoms with Gasteiger partial charge in [0.25, 0.3) is 5.91 Å². The van der Waals surface area contributed by atoms with Gasteiger partial charge in [-0.1, -0.05) is 30.3 Å². The molecule has 1 N–H and O–H groups in total. The number of nitrogens with zero attached hydrogens (tertiary/aromatic N) is 2. The molecule has 1 aromatic carbocycles. The van der Waals surface area contributed by atoms with Gasteiger partial charge in [0, 0.05) is 17.5 Å². The maximum Gasteiger partial charge on any atom is 0.411 e. The summed E-state index contributed by atoms with van der Waals surface area (Å²) in [7, 11) is 0. The number of cyclic esters (lactones) is 1. The summed E-state index contributed by atoms with van der Waals surface area (Å²) in [5, 5.41) is 4.83. The van der Waals surface area contributed by atoms with Gasteiger partial charge in [0.05, 0.1) is 6.04 Å². The molecule has 2 amide bonds. The highest BCUT2D eigenvalue weighted by Crippen LogP contribution is 2.44. The molecule has 1 saturated heterocycles. The molecule has 1 aliphatic heterocycles. The van der Waals surface area contributed by atoms with Crippen LogP contribution in [0.2, 0.25) is 0 Å². The molecule has 4 rings (SSSR count). The number of amides is 2. The van der Waals surface area contributed by atoms with Crippen LogP contribution in [0, 0.1) is 0 Å². The highest BCUT2D eigenvalue weighted by atomic mass is 79.9. The van der Waals surface area contributed by atoms with Gasteiger partial charge in [-0.25, -0.2) is 9.78 Å². The Morgan fingerprint density at radius 3 is 2.55 bits per heavy atom. The Morgan fingerprint density at radius 1 is 1.24 bits per heavy atom. The van der Waals surface area contributed by atoms with E-state index in [1.54, 1.807) is 5.38 Å². The van der Waals surface area contributed by atoms with Gasteiger partial charge in [0.15, 0.2) is 3.92 Å². The van der Waals surface area contributed by atoms with Crippen LogP contribution in [0.5, 0.6) is 0 Å². The second-order valence-corrected chi connectivity index (χ2v) is 10.3. The van der Waals surface area contributed by atoms with E-state index in [0.717, 1.165) is 31.2 Å². The van der Waals surface area contributed by atoms with E-state index in [4.69, 9.17) is 4.74 Å². The molecule has 8 heteroatoms. The number of hydrogen-bond acceptors (Lipinski definition) is 5. The van der Waals surface area contributed by atoms with E-state index in [-0.39, 0.29) is 30.1 Å². The SMILES string of the molecule is CC1(C)OC(=O)N(C2CCC(NC(=O)c3csc(Br)n3)CC2)C1c1ccccc1. The molecule has 2 aliphatic rings. The largest absolute Gasteiger partial charge is 0.441 e. The van der Waals surface area contributed by atoms with Gasteiger partial charge in [0.1, 0.15) is 11.3 Å². The van der Waals surface area contributed by atoms with E-state index in [9.17, 15) is 9.59 Å². The van der Waals surface area contributed by atoms with Crippen LogP contribution in [0.15, 0.2) is 39.6 Å². The van der Waals surface area contributed by atoms with Crippen LogP contribution in [0.4, 0.5) is 4.79 Å². The van der Waals surface area contributed by atoms with Crippen LogP contribution < -0.4 is 5.32 Å². The van der Waals surface area contributed by atoms with Crippen LogP contribution in [-0.2, 0) is 4.74 Å². The average molecular weight is 478 g/mol. The summed E-state index contributed by atoms with van der Waals surface area (Å²) in [6.07, 6.45) is 3.07. The molecule has 1 aliphatic carbocycles. The summed E-state index contributed by atoms with van der Waals surface area (Å²) in [6, 6.07) is 10.2. The molecule has 2 aromatic rings. The molecule has 2 fully saturated rings. The fourth-order valence-electron chi connectivity index (χ4n) is 4.44. The monoisotopic (exact) mass is 477 g/mol. The Kier molecular flexibility index (Phi) is 5.66. The van der Waals surface area contributed by atoms with Gasteiger partial charge >= 0.3 is 6.09 Å². The fourth-order valence-corrected chi connectivity index (χ4v) is 5.44. The lowest BCUT2D eigenvalue weighted by atomic mass is 9.86. The van der Waals surface area contributed by atoms with E-state index < -0.39 is 5.60 Å². The highest BCUT2D eigenvalue weighted by Gasteiger charge is 2.51. The normalized spacial score (nSPS) is 26.2. The van der Waals surface area contributed by atoms with Crippen LogP contribution >= 0.6 is 27.3 Å². The number of thiazole rings is 1. The third-order valence-corrected chi connectivity index (χ3v) is 7.11. The summed E-state index contributed by atoms with van der Waals surface area (Å²) in [5.41, 5.74) is 0.951. The van der Waals surface area contributed by atoms with Crippen molar-refractivity contribution in [1.29, 1.82) is 0 Å². The lowest BCUT2D eigenvalue weighted by Crippen LogP contribution is -2.46. The molecule has 1 aromatic heterocycles. The molecule has 6 nitrogen and oxygen atoms in total. The topological polar surface area (TPSA) is 71.5 Å². The summed E-state index contributed by atoms with van der Waals surface area (Å²) in [6.45, 7) is 3.95. The lowest BCUT2D eigenvalue weighted by molar-refractivity contribution is 0.0663. The van der Waals surface area contributed by atoms with Crippen LogP contribution in [0.3, 0.4) is 0 Å². The molecule has 0 spiro atoms. The standard InChI is InChI=1S/C21H24BrN3O3S/c1-21(2)17(13-6-4-3-5-7-13)25(20(27)28-21)15-10-8-14(9-11-15)23-18(26)16-12-29-19(22)24-16/h3-7,12,14-15,17H,8-11H2,1-2H3,(H,23,26). The molecule has 1 atom stereocenters. The highest BCUT2D eigenvalue weighted by molar-refractivity contribution is 9.11. The molecular formula is C21H24BrN3O3S. The Hall–Kier alpha value is -1.93. The molecule has 0 bridgehead atoms. The Morgan fingerprint density at radius 2 is 1.93 bits per heavy atom. The minimum atomic E-state index is -0.582. The van der Waals surface area contributed by atoms with Crippen LogP contribution in [-0.4, -0.2) is 39.6 Å². The van der Waals surface area contributed by atoms with Gasteiger partial charge in [-0.15, -0.1) is 11.3 Å². The maximum atomic E-state index is 12.7. The van der Waals surface area contributed by atoms with Crippen molar-refractivity contribution in [2.24, 2.45) is 0 Å². The third kappa shape index (κ3) is 4.19. The smallest absolute Gasteiger partial charge is 0.411 e. The minimum Gasteiger partial charge on any atom is -0.441 e. The number of ether oxygens (including phenoxy) is 1. The summed E-state index contributed by atoms with van der Waals surface area (Å²) >= 11 is 4.69. The summed E-state index contributed by atoms with van der Waals surface area (Å²) in [4.78, 5) is 31.2. The number of hydrogen-bond donors (Lipinski definition) is 1. The maximum absolute atomic E-state index is 12.7. The second-order valence-electron chi connectivity index (χ2n) is 8.16. The predicted molar refractivity (Wildman–Crippen MR) is 115 cm³/mol. The van der Waals surface area contributed by atoms with E-state index in [1.807, 2.05) is 36.9 Å². The zero-order valence-corrected chi connectivity index (χ0v) is 18.8. The van der Waals surface area contributed by atoms with Gasteiger partial charge in [0.2, 0.25) is 0 Å². The third-order valence-electron chi connectivity index (χ3n) is 5.75. The molecule has 1 saturated carbocycles. The van der Waals surface area contributed by atoms with Crippen molar-refractivity contribution in [3.63, 3.8) is 0 Å². The van der Waals surface area contributed by atoms with Crippen molar-refractivity contribution in [3.05, 3.63) is 50.9 Å². The number of carbonyl (C=O) groups excluding carboxylic acids is 2. The van der Waals surface area contributed by atoms with Gasteiger partial charge < -0.3 is 10.1 Å². The van der Waals surface area contributed by atoms with Gasteiger partial charge in [-0.2, -0.15) is 0 Å².